The summed E-state index contributed by atoms with van der Waals surface area (Å²) < 4.78 is 43.1. The average Bonchev–Trinajstić information content (AvgIpc) is 2.34. The van der Waals surface area contributed by atoms with E-state index in [0.717, 1.165) is 11.8 Å². The third-order valence-electron chi connectivity index (χ3n) is 2.07. The number of nitrogens with one attached hydrogen (secondary N) is 1. The van der Waals surface area contributed by atoms with Crippen LogP contribution in [0.4, 0.5) is 18.9 Å². The van der Waals surface area contributed by atoms with Crippen LogP contribution in [-0.4, -0.2) is 24.4 Å². The van der Waals surface area contributed by atoms with Crippen LogP contribution in [0.1, 0.15) is 0 Å². The summed E-state index contributed by atoms with van der Waals surface area (Å²) in [6.45, 7) is 3.41. The van der Waals surface area contributed by atoms with Crippen molar-refractivity contribution in [2.45, 2.75) is 11.6 Å². The van der Waals surface area contributed by atoms with Crippen LogP contribution in [0.15, 0.2) is 36.9 Å². The lowest BCUT2D eigenvalue weighted by Gasteiger charge is -2.21. The van der Waals surface area contributed by atoms with E-state index in [4.69, 9.17) is 4.74 Å². The van der Waals surface area contributed by atoms with E-state index < -0.39 is 11.6 Å². The molecule has 0 saturated carbocycles. The molecule has 0 heterocycles. The van der Waals surface area contributed by atoms with Crippen LogP contribution in [-0.2, 0) is 0 Å². The van der Waals surface area contributed by atoms with Gasteiger partial charge in [-0.1, -0.05) is 6.08 Å². The fraction of sp³-hybridized carbons (Fsp3) is 0.333. The molecule has 0 bridgehead atoms. The number of hydrogen-bond donors (Lipinski definition) is 1. The van der Waals surface area contributed by atoms with Crippen LogP contribution in [0.5, 0.6) is 5.75 Å². The largest absolute Gasteiger partial charge is 0.497 e. The first-order valence-electron chi connectivity index (χ1n) is 5.17. The summed E-state index contributed by atoms with van der Waals surface area (Å²) in [6, 6.07) is 6.31. The number of rotatable bonds is 6. The van der Waals surface area contributed by atoms with Gasteiger partial charge in [-0.05, 0) is 24.3 Å². The Hall–Kier alpha value is -1.30. The lowest BCUT2D eigenvalue weighted by Crippen LogP contribution is -2.33. The fourth-order valence-corrected chi connectivity index (χ4v) is 1.96. The van der Waals surface area contributed by atoms with E-state index >= 15 is 0 Å². The van der Waals surface area contributed by atoms with E-state index in [1.807, 2.05) is 0 Å². The molecule has 0 aliphatic carbocycles. The Balaban J connectivity index is 2.72. The molecule has 0 aliphatic heterocycles. The number of halogens is 3. The Morgan fingerprint density at radius 2 is 2.00 bits per heavy atom. The Kier molecular flexibility index (Phi) is 5.40. The van der Waals surface area contributed by atoms with Gasteiger partial charge in [0, 0.05) is 11.4 Å². The molecule has 0 unspecified atom stereocenters. The SMILES string of the molecule is C=CCS[C@@H](Nc1ccc(OC)cc1)C(F)(F)F. The topological polar surface area (TPSA) is 21.3 Å². The highest BCUT2D eigenvalue weighted by molar-refractivity contribution is 8.00. The van der Waals surface area contributed by atoms with Gasteiger partial charge in [-0.15, -0.1) is 18.3 Å². The van der Waals surface area contributed by atoms with Gasteiger partial charge in [0.2, 0.25) is 0 Å². The van der Waals surface area contributed by atoms with Crippen LogP contribution in [0.2, 0.25) is 0 Å². The van der Waals surface area contributed by atoms with Gasteiger partial charge in [0.25, 0.3) is 0 Å². The molecule has 1 rings (SSSR count). The van der Waals surface area contributed by atoms with Crippen LogP contribution in [0.3, 0.4) is 0 Å². The highest BCUT2D eigenvalue weighted by Gasteiger charge is 2.39. The lowest BCUT2D eigenvalue weighted by molar-refractivity contribution is -0.123. The molecule has 1 N–H and O–H groups in total. The summed E-state index contributed by atoms with van der Waals surface area (Å²) in [6.07, 6.45) is -2.87. The number of anilines is 1. The van der Waals surface area contributed by atoms with Gasteiger partial charge in [0.1, 0.15) is 5.75 Å². The van der Waals surface area contributed by atoms with Crippen molar-refractivity contribution in [2.24, 2.45) is 0 Å². The molecule has 0 amide bonds. The normalized spacial score (nSPS) is 12.9. The van der Waals surface area contributed by atoms with E-state index in [1.54, 1.807) is 24.3 Å². The molecule has 0 aromatic heterocycles. The first-order chi connectivity index (χ1) is 8.47. The molecule has 18 heavy (non-hydrogen) atoms. The number of ether oxygens (including phenoxy) is 1. The summed E-state index contributed by atoms with van der Waals surface area (Å²) in [5, 5.41) is 0.791. The van der Waals surface area contributed by atoms with Gasteiger partial charge in [0.15, 0.2) is 5.37 Å². The molecular weight excluding hydrogens is 263 g/mol. The van der Waals surface area contributed by atoms with Gasteiger partial charge >= 0.3 is 6.18 Å². The molecule has 1 aromatic rings. The van der Waals surface area contributed by atoms with E-state index in [9.17, 15) is 13.2 Å². The van der Waals surface area contributed by atoms with Crippen LogP contribution in [0.25, 0.3) is 0 Å². The second-order valence-electron chi connectivity index (χ2n) is 3.42. The maximum Gasteiger partial charge on any atom is 0.418 e. The summed E-state index contributed by atoms with van der Waals surface area (Å²) in [7, 11) is 1.50. The predicted octanol–water partition coefficient (Wildman–Crippen LogP) is 3.91. The second kappa shape index (κ2) is 6.58. The first-order valence-corrected chi connectivity index (χ1v) is 6.22. The molecule has 1 aromatic carbocycles. The molecule has 2 nitrogen and oxygen atoms in total. The minimum atomic E-state index is -4.31. The summed E-state index contributed by atoms with van der Waals surface area (Å²) >= 11 is 0.748. The van der Waals surface area contributed by atoms with E-state index in [-0.39, 0.29) is 5.75 Å². The molecule has 1 atom stereocenters. The maximum atomic E-state index is 12.7. The van der Waals surface area contributed by atoms with Crippen molar-refractivity contribution >= 4 is 17.4 Å². The average molecular weight is 277 g/mol. The minimum absolute atomic E-state index is 0.229. The molecule has 0 saturated heterocycles. The second-order valence-corrected chi connectivity index (χ2v) is 4.55. The van der Waals surface area contributed by atoms with Gasteiger partial charge in [0.05, 0.1) is 7.11 Å². The van der Waals surface area contributed by atoms with Crippen molar-refractivity contribution in [3.05, 3.63) is 36.9 Å². The van der Waals surface area contributed by atoms with Crippen molar-refractivity contribution < 1.29 is 17.9 Å². The molecule has 0 spiro atoms. The van der Waals surface area contributed by atoms with Crippen LogP contribution < -0.4 is 10.1 Å². The Morgan fingerprint density at radius 3 is 2.44 bits per heavy atom. The molecule has 6 heteroatoms. The Bertz CT molecular complexity index is 378. The molecule has 100 valence electrons. The molecule has 0 aliphatic rings. The fourth-order valence-electron chi connectivity index (χ4n) is 1.22. The zero-order valence-electron chi connectivity index (χ0n) is 9.83. The lowest BCUT2D eigenvalue weighted by atomic mass is 10.3. The van der Waals surface area contributed by atoms with Crippen LogP contribution in [0, 0.1) is 0 Å². The first kappa shape index (κ1) is 14.8. The monoisotopic (exact) mass is 277 g/mol. The highest BCUT2D eigenvalue weighted by atomic mass is 32.2. The van der Waals surface area contributed by atoms with Crippen molar-refractivity contribution in [1.82, 2.24) is 0 Å². The third-order valence-corrected chi connectivity index (χ3v) is 3.21. The summed E-state index contributed by atoms with van der Waals surface area (Å²) in [4.78, 5) is 0. The predicted molar refractivity (Wildman–Crippen MR) is 69.1 cm³/mol. The highest BCUT2D eigenvalue weighted by Crippen LogP contribution is 2.31. The minimum Gasteiger partial charge on any atom is -0.497 e. The number of methoxy groups -OCH3 is 1. The van der Waals surface area contributed by atoms with Crippen molar-refractivity contribution in [1.29, 1.82) is 0 Å². The number of hydrogen-bond acceptors (Lipinski definition) is 3. The van der Waals surface area contributed by atoms with Gasteiger partial charge in [-0.3, -0.25) is 0 Å². The Labute approximate surface area is 108 Å². The zero-order chi connectivity index (χ0) is 13.6. The summed E-state index contributed by atoms with van der Waals surface area (Å²) in [5.41, 5.74) is 0.398. The van der Waals surface area contributed by atoms with Crippen molar-refractivity contribution in [2.75, 3.05) is 18.2 Å². The number of alkyl halides is 3. The Morgan fingerprint density at radius 1 is 1.39 bits per heavy atom. The van der Waals surface area contributed by atoms with E-state index in [2.05, 4.69) is 11.9 Å². The van der Waals surface area contributed by atoms with Gasteiger partial charge in [-0.25, -0.2) is 0 Å². The zero-order valence-corrected chi connectivity index (χ0v) is 10.6. The van der Waals surface area contributed by atoms with Crippen molar-refractivity contribution in [3.8, 4) is 5.75 Å². The van der Waals surface area contributed by atoms with Crippen molar-refractivity contribution in [3.63, 3.8) is 0 Å². The standard InChI is InChI=1S/C12H14F3NOS/c1-3-8-18-11(12(13,14)15)16-9-4-6-10(17-2)7-5-9/h3-7,11,16H,1,8H2,2H3/t11-/m1/s1. The van der Waals surface area contributed by atoms with E-state index in [0.29, 0.717) is 11.4 Å². The van der Waals surface area contributed by atoms with Gasteiger partial charge in [-0.2, -0.15) is 13.2 Å². The van der Waals surface area contributed by atoms with Crippen LogP contribution >= 0.6 is 11.8 Å². The molecule has 0 radical (unpaired) electrons. The maximum absolute atomic E-state index is 12.7. The number of thioether (sulfide) groups is 1. The third kappa shape index (κ3) is 4.52. The van der Waals surface area contributed by atoms with Gasteiger partial charge < -0.3 is 10.1 Å². The summed E-state index contributed by atoms with van der Waals surface area (Å²) in [5.74, 6) is 0.829. The molecule has 0 fully saturated rings. The molecular formula is C12H14F3NOS. The number of benzene rings is 1. The smallest absolute Gasteiger partial charge is 0.418 e. The van der Waals surface area contributed by atoms with E-state index in [1.165, 1.54) is 13.2 Å². The quantitative estimate of drug-likeness (QED) is 0.629.